The molecule has 0 aliphatic heterocycles. The van der Waals surface area contributed by atoms with E-state index in [0.29, 0.717) is 11.3 Å². The lowest BCUT2D eigenvalue weighted by Crippen LogP contribution is -2.25. The lowest BCUT2D eigenvalue weighted by atomic mass is 10.2. The summed E-state index contributed by atoms with van der Waals surface area (Å²) in [6, 6.07) is 5.68. The van der Waals surface area contributed by atoms with Gasteiger partial charge >= 0.3 is 5.97 Å². The van der Waals surface area contributed by atoms with Gasteiger partial charge in [-0.3, -0.25) is 9.59 Å². The van der Waals surface area contributed by atoms with Crippen molar-refractivity contribution in [3.63, 3.8) is 0 Å². The van der Waals surface area contributed by atoms with Crippen LogP contribution in [0.3, 0.4) is 0 Å². The Labute approximate surface area is 86.9 Å². The molecule has 0 bridgehead atoms. The van der Waals surface area contributed by atoms with Gasteiger partial charge in [-0.25, -0.2) is 0 Å². The normalized spacial score (nSPS) is 11.8. The standard InChI is InChI=1S/C10H12N2O3/c1-6(10(14)15)12-8-4-2-3-7(5-8)9(11)13/h2-6,12H,1H3,(H2,11,13)(H,14,15)/t6-/m0/s1. The molecule has 1 atom stereocenters. The molecule has 0 radical (unpaired) electrons. The summed E-state index contributed by atoms with van der Waals surface area (Å²) in [6.07, 6.45) is 0. The number of anilines is 1. The van der Waals surface area contributed by atoms with Crippen LogP contribution in [0.1, 0.15) is 17.3 Å². The van der Waals surface area contributed by atoms with Crippen molar-refractivity contribution in [3.05, 3.63) is 29.8 Å². The summed E-state index contributed by atoms with van der Waals surface area (Å²) in [6.45, 7) is 1.51. The van der Waals surface area contributed by atoms with E-state index >= 15 is 0 Å². The summed E-state index contributed by atoms with van der Waals surface area (Å²) in [5, 5.41) is 11.4. The monoisotopic (exact) mass is 208 g/mol. The Bertz CT molecular complexity index is 390. The van der Waals surface area contributed by atoms with Gasteiger partial charge in [-0.1, -0.05) is 6.07 Å². The third kappa shape index (κ3) is 2.98. The maximum absolute atomic E-state index is 10.9. The maximum atomic E-state index is 10.9. The maximum Gasteiger partial charge on any atom is 0.325 e. The summed E-state index contributed by atoms with van der Waals surface area (Å²) >= 11 is 0. The smallest absolute Gasteiger partial charge is 0.325 e. The molecule has 0 aliphatic carbocycles. The number of nitrogens with two attached hydrogens (primary N) is 1. The second-order valence-electron chi connectivity index (χ2n) is 3.15. The minimum atomic E-state index is -0.959. The van der Waals surface area contributed by atoms with Crippen LogP contribution in [0.5, 0.6) is 0 Å². The largest absolute Gasteiger partial charge is 0.480 e. The third-order valence-electron chi connectivity index (χ3n) is 1.90. The molecule has 0 spiro atoms. The Morgan fingerprint density at radius 2 is 2.13 bits per heavy atom. The lowest BCUT2D eigenvalue weighted by Gasteiger charge is -2.10. The predicted molar refractivity (Wildman–Crippen MR) is 55.7 cm³/mol. The molecule has 4 N–H and O–H groups in total. The van der Waals surface area contributed by atoms with E-state index in [0.717, 1.165) is 0 Å². The first-order valence-electron chi connectivity index (χ1n) is 4.40. The van der Waals surface area contributed by atoms with Crippen LogP contribution in [0.2, 0.25) is 0 Å². The Kier molecular flexibility index (Phi) is 3.28. The molecule has 1 aromatic rings. The Balaban J connectivity index is 2.82. The van der Waals surface area contributed by atoms with Crippen LogP contribution in [0.4, 0.5) is 5.69 Å². The molecule has 1 aromatic carbocycles. The second kappa shape index (κ2) is 4.45. The van der Waals surface area contributed by atoms with E-state index in [-0.39, 0.29) is 0 Å². The van der Waals surface area contributed by atoms with Crippen LogP contribution in [0, 0.1) is 0 Å². The van der Waals surface area contributed by atoms with Crippen molar-refractivity contribution in [2.24, 2.45) is 5.73 Å². The van der Waals surface area contributed by atoms with Crippen LogP contribution in [0.25, 0.3) is 0 Å². The number of amides is 1. The van der Waals surface area contributed by atoms with Crippen molar-refractivity contribution in [1.29, 1.82) is 0 Å². The number of nitrogens with one attached hydrogen (secondary N) is 1. The first-order chi connectivity index (χ1) is 7.00. The highest BCUT2D eigenvalue weighted by molar-refractivity contribution is 5.93. The molecule has 1 amide bonds. The first-order valence-corrected chi connectivity index (χ1v) is 4.40. The van der Waals surface area contributed by atoms with E-state index in [2.05, 4.69) is 5.32 Å². The van der Waals surface area contributed by atoms with Crippen LogP contribution < -0.4 is 11.1 Å². The zero-order chi connectivity index (χ0) is 11.4. The molecule has 0 heterocycles. The average molecular weight is 208 g/mol. The van der Waals surface area contributed by atoms with E-state index < -0.39 is 17.9 Å². The highest BCUT2D eigenvalue weighted by Crippen LogP contribution is 2.11. The minimum absolute atomic E-state index is 0.345. The minimum Gasteiger partial charge on any atom is -0.480 e. The zero-order valence-corrected chi connectivity index (χ0v) is 8.23. The van der Waals surface area contributed by atoms with Crippen molar-refractivity contribution in [1.82, 2.24) is 0 Å². The van der Waals surface area contributed by atoms with Gasteiger partial charge in [-0.15, -0.1) is 0 Å². The predicted octanol–water partition coefficient (Wildman–Crippen LogP) is 0.670. The topological polar surface area (TPSA) is 92.4 Å². The molecule has 5 nitrogen and oxygen atoms in total. The van der Waals surface area contributed by atoms with Crippen LogP contribution >= 0.6 is 0 Å². The van der Waals surface area contributed by atoms with Gasteiger partial charge in [0, 0.05) is 11.3 Å². The highest BCUT2D eigenvalue weighted by atomic mass is 16.4. The highest BCUT2D eigenvalue weighted by Gasteiger charge is 2.10. The number of carbonyl (C=O) groups is 2. The number of carboxylic acid groups (broad SMARTS) is 1. The lowest BCUT2D eigenvalue weighted by molar-refractivity contribution is -0.137. The average Bonchev–Trinajstić information content (AvgIpc) is 2.18. The number of hydrogen-bond donors (Lipinski definition) is 3. The van der Waals surface area contributed by atoms with Gasteiger partial charge in [-0.2, -0.15) is 0 Å². The van der Waals surface area contributed by atoms with E-state index in [1.807, 2.05) is 0 Å². The fraction of sp³-hybridized carbons (Fsp3) is 0.200. The number of aliphatic carboxylic acids is 1. The SMILES string of the molecule is C[C@H](Nc1cccc(C(N)=O)c1)C(=O)O. The summed E-state index contributed by atoms with van der Waals surface area (Å²) < 4.78 is 0. The van der Waals surface area contributed by atoms with Gasteiger partial charge in [0.2, 0.25) is 5.91 Å². The quantitative estimate of drug-likeness (QED) is 0.678. The fourth-order valence-corrected chi connectivity index (χ4v) is 1.07. The number of rotatable bonds is 4. The fourth-order valence-electron chi connectivity index (χ4n) is 1.07. The van der Waals surface area contributed by atoms with Crippen molar-refractivity contribution in [2.45, 2.75) is 13.0 Å². The molecule has 0 aliphatic rings. The molecule has 0 aromatic heterocycles. The number of primary amides is 1. The van der Waals surface area contributed by atoms with Crippen molar-refractivity contribution >= 4 is 17.6 Å². The van der Waals surface area contributed by atoms with Gasteiger partial charge < -0.3 is 16.2 Å². The zero-order valence-electron chi connectivity index (χ0n) is 8.23. The molecule has 5 heteroatoms. The van der Waals surface area contributed by atoms with Gasteiger partial charge in [0.15, 0.2) is 0 Å². The Hall–Kier alpha value is -2.04. The van der Waals surface area contributed by atoms with E-state index in [1.54, 1.807) is 18.2 Å². The second-order valence-corrected chi connectivity index (χ2v) is 3.15. The summed E-state index contributed by atoms with van der Waals surface area (Å²) in [5.41, 5.74) is 5.99. The van der Waals surface area contributed by atoms with Gasteiger partial charge in [0.25, 0.3) is 0 Å². The van der Waals surface area contributed by atoms with Gasteiger partial charge in [0.05, 0.1) is 0 Å². The molecular weight excluding hydrogens is 196 g/mol. The van der Waals surface area contributed by atoms with E-state index in [1.165, 1.54) is 13.0 Å². The molecule has 0 fully saturated rings. The Morgan fingerprint density at radius 3 is 2.67 bits per heavy atom. The first kappa shape index (κ1) is 11.0. The van der Waals surface area contributed by atoms with E-state index in [4.69, 9.17) is 10.8 Å². The molecular formula is C10H12N2O3. The molecule has 0 unspecified atom stereocenters. The summed E-state index contributed by atoms with van der Waals surface area (Å²) in [4.78, 5) is 21.4. The number of carbonyl (C=O) groups excluding carboxylic acids is 1. The van der Waals surface area contributed by atoms with Gasteiger partial charge in [0.1, 0.15) is 6.04 Å². The number of hydrogen-bond acceptors (Lipinski definition) is 3. The van der Waals surface area contributed by atoms with Gasteiger partial charge in [-0.05, 0) is 25.1 Å². The van der Waals surface area contributed by atoms with Crippen LogP contribution in [-0.2, 0) is 4.79 Å². The number of carboxylic acids is 1. The summed E-state index contributed by atoms with van der Waals surface area (Å²) in [5.74, 6) is -1.50. The van der Waals surface area contributed by atoms with E-state index in [9.17, 15) is 9.59 Å². The molecule has 0 saturated carbocycles. The molecule has 80 valence electrons. The third-order valence-corrected chi connectivity index (χ3v) is 1.90. The number of benzene rings is 1. The van der Waals surface area contributed by atoms with Crippen LogP contribution in [0.15, 0.2) is 24.3 Å². The van der Waals surface area contributed by atoms with Crippen molar-refractivity contribution in [3.8, 4) is 0 Å². The molecule has 1 rings (SSSR count). The molecule has 15 heavy (non-hydrogen) atoms. The van der Waals surface area contributed by atoms with Crippen molar-refractivity contribution < 1.29 is 14.7 Å². The Morgan fingerprint density at radius 1 is 1.47 bits per heavy atom. The van der Waals surface area contributed by atoms with Crippen LogP contribution in [-0.4, -0.2) is 23.0 Å². The van der Waals surface area contributed by atoms with Crippen molar-refractivity contribution in [2.75, 3.05) is 5.32 Å². The molecule has 0 saturated heterocycles. The summed E-state index contributed by atoms with van der Waals surface area (Å²) in [7, 11) is 0.